The van der Waals surface area contributed by atoms with Gasteiger partial charge in [-0.15, -0.1) is 0 Å². The van der Waals surface area contributed by atoms with E-state index < -0.39 is 17.6 Å². The van der Waals surface area contributed by atoms with Gasteiger partial charge in [-0.05, 0) is 29.8 Å². The van der Waals surface area contributed by atoms with Gasteiger partial charge in [-0.2, -0.15) is 0 Å². The smallest absolute Gasteiger partial charge is 0.237 e. The van der Waals surface area contributed by atoms with Gasteiger partial charge in [-0.3, -0.25) is 9.59 Å². The number of amides is 2. The molecule has 6 heteroatoms. The summed E-state index contributed by atoms with van der Waals surface area (Å²) in [6, 6.07) is 13.2. The Kier molecular flexibility index (Phi) is 5.54. The second-order valence-corrected chi connectivity index (χ2v) is 6.44. The third-order valence-electron chi connectivity index (χ3n) is 4.58. The molecule has 0 saturated carbocycles. The first-order valence-corrected chi connectivity index (χ1v) is 8.65. The van der Waals surface area contributed by atoms with Crippen LogP contribution in [-0.2, 0) is 9.59 Å². The molecule has 1 N–H and O–H groups in total. The number of hydrogen-bond donors (Lipinski definition) is 1. The number of likely N-dealkylation sites (tertiary alicyclic amines) is 1. The van der Waals surface area contributed by atoms with Crippen molar-refractivity contribution >= 4 is 17.5 Å². The number of carbonyl (C=O) groups is 2. The molecule has 0 aromatic heterocycles. The van der Waals surface area contributed by atoms with Gasteiger partial charge in [0.1, 0.15) is 24.1 Å². The molecule has 0 aliphatic carbocycles. The zero-order chi connectivity index (χ0) is 19.4. The summed E-state index contributed by atoms with van der Waals surface area (Å²) in [5.41, 5.74) is 0.884. The van der Waals surface area contributed by atoms with Crippen LogP contribution in [0.1, 0.15) is 11.5 Å². The van der Waals surface area contributed by atoms with Gasteiger partial charge >= 0.3 is 0 Å². The fourth-order valence-corrected chi connectivity index (χ4v) is 3.26. The van der Waals surface area contributed by atoms with E-state index >= 15 is 0 Å². The van der Waals surface area contributed by atoms with Gasteiger partial charge in [0.25, 0.3) is 0 Å². The first-order chi connectivity index (χ1) is 13.0. The Morgan fingerprint density at radius 2 is 2.11 bits per heavy atom. The van der Waals surface area contributed by atoms with E-state index in [2.05, 4.69) is 11.9 Å². The topological polar surface area (TPSA) is 58.6 Å². The standard InChI is InChI=1S/C21H21FN2O3/c1-3-11-27-15-8-6-7-14(12-15)16-13-24(2)21(26)19(16)20(25)23-18-10-5-4-9-17(18)22/h3-10,12,16,19H,1,11,13H2,2H3,(H,23,25). The van der Waals surface area contributed by atoms with Crippen LogP contribution in [0.4, 0.5) is 10.1 Å². The third kappa shape index (κ3) is 4.00. The number of benzene rings is 2. The monoisotopic (exact) mass is 368 g/mol. The summed E-state index contributed by atoms with van der Waals surface area (Å²) >= 11 is 0. The van der Waals surface area contributed by atoms with Crippen molar-refractivity contribution in [2.24, 2.45) is 5.92 Å². The molecule has 1 saturated heterocycles. The molecule has 5 nitrogen and oxygen atoms in total. The molecule has 0 radical (unpaired) electrons. The molecule has 2 aromatic rings. The highest BCUT2D eigenvalue weighted by molar-refractivity contribution is 6.08. The van der Waals surface area contributed by atoms with Crippen LogP contribution in [0.15, 0.2) is 61.2 Å². The van der Waals surface area contributed by atoms with Crippen LogP contribution < -0.4 is 10.1 Å². The summed E-state index contributed by atoms with van der Waals surface area (Å²) in [5.74, 6) is -1.97. The summed E-state index contributed by atoms with van der Waals surface area (Å²) in [5, 5.41) is 2.55. The van der Waals surface area contributed by atoms with Crippen LogP contribution in [0.2, 0.25) is 0 Å². The lowest BCUT2D eigenvalue weighted by molar-refractivity contribution is -0.135. The minimum atomic E-state index is -0.927. The van der Waals surface area contributed by atoms with Crippen LogP contribution in [0, 0.1) is 11.7 Å². The van der Waals surface area contributed by atoms with E-state index in [0.717, 1.165) is 5.56 Å². The molecule has 3 rings (SSSR count). The molecule has 2 aromatic carbocycles. The maximum Gasteiger partial charge on any atom is 0.237 e. The van der Waals surface area contributed by atoms with Gasteiger partial charge < -0.3 is 15.0 Å². The van der Waals surface area contributed by atoms with Gasteiger partial charge in [0.05, 0.1) is 5.69 Å². The molecular formula is C21H21FN2O3. The Labute approximate surface area is 157 Å². The summed E-state index contributed by atoms with van der Waals surface area (Å²) in [4.78, 5) is 26.9. The second kappa shape index (κ2) is 8.03. The molecule has 1 aliphatic rings. The molecule has 1 fully saturated rings. The Morgan fingerprint density at radius 3 is 2.85 bits per heavy atom. The zero-order valence-electron chi connectivity index (χ0n) is 15.0. The van der Waals surface area contributed by atoms with Crippen molar-refractivity contribution in [2.45, 2.75) is 5.92 Å². The Hall–Kier alpha value is -3.15. The van der Waals surface area contributed by atoms with Crippen molar-refractivity contribution in [3.8, 4) is 5.75 Å². The van der Waals surface area contributed by atoms with E-state index in [9.17, 15) is 14.0 Å². The average molecular weight is 368 g/mol. The molecule has 1 aliphatic heterocycles. The number of carbonyl (C=O) groups excluding carboxylic acids is 2. The predicted octanol–water partition coefficient (Wildman–Crippen LogP) is 3.20. The molecular weight excluding hydrogens is 347 g/mol. The Bertz CT molecular complexity index is 868. The first kappa shape index (κ1) is 18.6. The molecule has 140 valence electrons. The molecule has 2 atom stereocenters. The molecule has 0 bridgehead atoms. The van der Waals surface area contributed by atoms with E-state index in [1.54, 1.807) is 19.2 Å². The van der Waals surface area contributed by atoms with Crippen molar-refractivity contribution in [3.05, 3.63) is 72.6 Å². The molecule has 1 heterocycles. The lowest BCUT2D eigenvalue weighted by Gasteiger charge is -2.18. The lowest BCUT2D eigenvalue weighted by atomic mass is 9.87. The molecule has 2 amide bonds. The quantitative estimate of drug-likeness (QED) is 0.629. The third-order valence-corrected chi connectivity index (χ3v) is 4.58. The number of para-hydroxylation sites is 1. The van der Waals surface area contributed by atoms with Crippen molar-refractivity contribution in [3.63, 3.8) is 0 Å². The van der Waals surface area contributed by atoms with Gasteiger partial charge in [0, 0.05) is 19.5 Å². The summed E-state index contributed by atoms with van der Waals surface area (Å²) in [7, 11) is 1.66. The fraction of sp³-hybridized carbons (Fsp3) is 0.238. The summed E-state index contributed by atoms with van der Waals surface area (Å²) in [6.45, 7) is 4.38. The maximum absolute atomic E-state index is 13.9. The van der Waals surface area contributed by atoms with E-state index in [4.69, 9.17) is 4.74 Å². The van der Waals surface area contributed by atoms with Crippen LogP contribution in [0.3, 0.4) is 0 Å². The zero-order valence-corrected chi connectivity index (χ0v) is 15.0. The van der Waals surface area contributed by atoms with E-state index in [-0.39, 0.29) is 17.5 Å². The van der Waals surface area contributed by atoms with Crippen molar-refractivity contribution in [2.75, 3.05) is 25.5 Å². The average Bonchev–Trinajstić information content (AvgIpc) is 2.97. The minimum Gasteiger partial charge on any atom is -0.490 e. The number of hydrogen-bond acceptors (Lipinski definition) is 3. The number of nitrogens with one attached hydrogen (secondary N) is 1. The fourth-order valence-electron chi connectivity index (χ4n) is 3.26. The number of anilines is 1. The van der Waals surface area contributed by atoms with Gasteiger partial charge in [0.15, 0.2) is 0 Å². The summed E-state index contributed by atoms with van der Waals surface area (Å²) < 4.78 is 19.4. The van der Waals surface area contributed by atoms with E-state index in [1.165, 1.54) is 23.1 Å². The molecule has 27 heavy (non-hydrogen) atoms. The van der Waals surface area contributed by atoms with Crippen molar-refractivity contribution < 1.29 is 18.7 Å². The predicted molar refractivity (Wildman–Crippen MR) is 101 cm³/mol. The van der Waals surface area contributed by atoms with Gasteiger partial charge in [-0.1, -0.05) is 36.9 Å². The Morgan fingerprint density at radius 1 is 1.33 bits per heavy atom. The van der Waals surface area contributed by atoms with Crippen LogP contribution >= 0.6 is 0 Å². The van der Waals surface area contributed by atoms with Gasteiger partial charge in [-0.25, -0.2) is 4.39 Å². The number of rotatable bonds is 6. The Balaban J connectivity index is 1.86. The largest absolute Gasteiger partial charge is 0.490 e. The minimum absolute atomic E-state index is 0.0617. The van der Waals surface area contributed by atoms with E-state index in [0.29, 0.717) is 18.9 Å². The van der Waals surface area contributed by atoms with Crippen molar-refractivity contribution in [1.29, 1.82) is 0 Å². The number of likely N-dealkylation sites (N-methyl/N-ethyl adjacent to an activating group) is 1. The second-order valence-electron chi connectivity index (χ2n) is 6.44. The highest BCUT2D eigenvalue weighted by Gasteiger charge is 2.44. The first-order valence-electron chi connectivity index (χ1n) is 8.65. The highest BCUT2D eigenvalue weighted by atomic mass is 19.1. The molecule has 2 unspecified atom stereocenters. The van der Waals surface area contributed by atoms with Crippen LogP contribution in [0.5, 0.6) is 5.75 Å². The summed E-state index contributed by atoms with van der Waals surface area (Å²) in [6.07, 6.45) is 1.64. The lowest BCUT2D eigenvalue weighted by Crippen LogP contribution is -2.33. The van der Waals surface area contributed by atoms with Gasteiger partial charge in [0.2, 0.25) is 11.8 Å². The van der Waals surface area contributed by atoms with E-state index in [1.807, 2.05) is 24.3 Å². The highest BCUT2D eigenvalue weighted by Crippen LogP contribution is 2.35. The number of ether oxygens (including phenoxy) is 1. The molecule has 0 spiro atoms. The van der Waals surface area contributed by atoms with Crippen molar-refractivity contribution in [1.82, 2.24) is 4.90 Å². The van der Waals surface area contributed by atoms with Crippen LogP contribution in [-0.4, -0.2) is 36.9 Å². The number of halogens is 1. The number of nitrogens with zero attached hydrogens (tertiary/aromatic N) is 1. The SMILES string of the molecule is C=CCOc1cccc(C2CN(C)C(=O)C2C(=O)Nc2ccccc2F)c1. The maximum atomic E-state index is 13.9. The normalized spacial score (nSPS) is 19.0. The van der Waals surface area contributed by atoms with Crippen LogP contribution in [0.25, 0.3) is 0 Å².